The van der Waals surface area contributed by atoms with Crippen LogP contribution in [0, 0.1) is 0 Å². The number of ether oxygens (including phenoxy) is 6. The highest BCUT2D eigenvalue weighted by atomic mass is 32.5. The molecule has 0 aromatic carbocycles. The maximum atomic E-state index is 14.2. The minimum absolute atomic E-state index is 0.00119. The molecule has 7 unspecified atom stereocenters. The van der Waals surface area contributed by atoms with Crippen molar-refractivity contribution in [3.05, 3.63) is 39.7 Å². The number of H-pyrrole nitrogens is 2. The fourth-order valence-electron chi connectivity index (χ4n) is 9.09. The summed E-state index contributed by atoms with van der Waals surface area (Å²) in [6.45, 7) is -4.76. The minimum atomic E-state index is -6.55. The first-order chi connectivity index (χ1) is 37.5. The molecule has 3 aliphatic heterocycles. The second-order valence-electron chi connectivity index (χ2n) is 18.0. The van der Waals surface area contributed by atoms with E-state index in [2.05, 4.69) is 48.5 Å². The largest absolute Gasteiger partial charge is 0.780 e. The third-order valence-corrected chi connectivity index (χ3v) is 17.9. The van der Waals surface area contributed by atoms with Crippen LogP contribution in [0.3, 0.4) is 0 Å². The zero-order valence-electron chi connectivity index (χ0n) is 41.8. The predicted molar refractivity (Wildman–Crippen MR) is 260 cm³/mol. The molecule has 39 nitrogen and oxygen atoms in total. The molecule has 0 bridgehead atoms. The summed E-state index contributed by atoms with van der Waals surface area (Å²) in [7, 11) is -15.2. The molecule has 6 aromatic heterocycles. The zero-order chi connectivity index (χ0) is 58.1. The number of aromatic nitrogens is 12. The lowest BCUT2D eigenvalue weighted by Crippen LogP contribution is -2.46. The van der Waals surface area contributed by atoms with Crippen LogP contribution in [0.15, 0.2) is 28.6 Å². The number of rotatable bonds is 22. The average Bonchev–Trinajstić information content (AvgIpc) is 4.20. The summed E-state index contributed by atoms with van der Waals surface area (Å²) in [6.07, 6.45) is -14.9. The number of hydrogen-bond donors (Lipinski definition) is 8. The Hall–Kier alpha value is -4.93. The number of nitrogen functional groups attached to an aromatic ring is 4. The smallest absolute Gasteiger partial charge is 0.313 e. The Kier molecular flexibility index (Phi) is 16.9. The number of fused-ring (bicyclic) bond motifs is 3. The molecule has 3 aliphatic rings. The van der Waals surface area contributed by atoms with Gasteiger partial charge in [0.25, 0.3) is 40.5 Å². The van der Waals surface area contributed by atoms with Crippen LogP contribution in [0.1, 0.15) is 32.5 Å². The second-order valence-corrected chi connectivity index (χ2v) is 25.2. The molecule has 3 saturated heterocycles. The van der Waals surface area contributed by atoms with Gasteiger partial charge in [0.1, 0.15) is 67.2 Å². The molecule has 0 amide bonds. The van der Waals surface area contributed by atoms with Gasteiger partial charge in [0.2, 0.25) is 23.6 Å². The molecule has 0 radical (unpaired) electrons. The van der Waals surface area contributed by atoms with Crippen molar-refractivity contribution in [1.82, 2.24) is 53.6 Å². The van der Waals surface area contributed by atoms with E-state index in [4.69, 9.17) is 81.3 Å². The highest BCUT2D eigenvalue weighted by Crippen LogP contribution is 2.63. The van der Waals surface area contributed by atoms with Crippen molar-refractivity contribution in [3.8, 4) is 0 Å². The van der Waals surface area contributed by atoms with Crippen molar-refractivity contribution in [2.75, 3.05) is 57.0 Å². The van der Waals surface area contributed by atoms with Gasteiger partial charge in [-0.15, -0.1) is 0 Å². The first-order valence-electron chi connectivity index (χ1n) is 23.1. The molecule has 0 aliphatic carbocycles. The van der Waals surface area contributed by atoms with Crippen molar-refractivity contribution in [2.45, 2.75) is 93.6 Å². The third-order valence-electron chi connectivity index (χ3n) is 12.2. The Morgan fingerprint density at radius 2 is 1.27 bits per heavy atom. The number of hydrogen-bond acceptors (Lipinski definition) is 34. The number of aromatic amines is 2. The van der Waals surface area contributed by atoms with Crippen LogP contribution in [0.25, 0.3) is 33.5 Å². The fraction of sp³-hybridized carbons (Fsp3) is 0.583. The van der Waals surface area contributed by atoms with Crippen molar-refractivity contribution >= 4 is 99.1 Å². The first kappa shape index (κ1) is 59.7. The van der Waals surface area contributed by atoms with E-state index in [1.807, 2.05) is 0 Å². The highest BCUT2D eigenvalue weighted by molar-refractivity contribution is 8.06. The zero-order valence-corrected chi connectivity index (χ0v) is 46.2. The van der Waals surface area contributed by atoms with Gasteiger partial charge in [-0.1, -0.05) is 16.8 Å². The normalized spacial score (nSPS) is 29.4. The Balaban J connectivity index is 0.890. The Morgan fingerprint density at radius 1 is 0.725 bits per heavy atom. The standard InChI is InChI=1S/C36H52N16O23P4S/c1-12(2)69-22-14(71-31(20(22)54)50-10-42-17-27(50)45-35(39)47-29(17)55)8-68-79(63,80)73-23-15(72-33(24(23)65-5)51-9-41-16-25(37)43-34(38)44-26(16)51)7-67-77(59,60)75-78(61,62)74-76(57,58)66-6-13-21(64-4)19(53)32(70-13)52-11-49(3)18-28(52)46-36(40)48-30(18)56/h9-15,19-24,31-33,53-54H,6-8H2,1-5H3,(H13-,37,38,39,40,43,44,45,46,47,48,55,56,57,58,59,60,61,62,63,80)/p-3/t13-,14-,15-,19?,20?,21+,22+,23+,24?,31-,32-,33-,79?/m1/s1. The molecule has 9 rings (SSSR count). The van der Waals surface area contributed by atoms with E-state index >= 15 is 0 Å². The number of anilines is 4. The quantitative estimate of drug-likeness (QED) is 0.0232. The molecule has 44 heteroatoms. The topological polar surface area (TPSA) is 560 Å². The number of nitrogens with one attached hydrogen (secondary N) is 2. The number of nitrogens with two attached hydrogens (primary N) is 4. The predicted octanol–water partition coefficient (Wildman–Crippen LogP) is -5.45. The minimum Gasteiger partial charge on any atom is -0.780 e. The maximum Gasteiger partial charge on any atom is 0.313 e. The van der Waals surface area contributed by atoms with Crippen LogP contribution in [0.2, 0.25) is 0 Å². The molecule has 9 heterocycles. The number of aliphatic hydroxyl groups excluding tert-OH is 2. The summed E-state index contributed by atoms with van der Waals surface area (Å²) in [4.78, 5) is 107. The maximum absolute atomic E-state index is 14.2. The van der Waals surface area contributed by atoms with Gasteiger partial charge >= 0.3 is 5.65 Å². The Bertz CT molecular complexity index is 3630. The Labute approximate surface area is 452 Å². The molecular weight excluding hydrogens is 1180 g/mol. The van der Waals surface area contributed by atoms with E-state index in [0.717, 1.165) is 26.9 Å². The molecular formula is C36H49N16O23P4S-3. The number of phosphoric acid groups is 3. The van der Waals surface area contributed by atoms with Gasteiger partial charge in [-0.3, -0.25) is 47.0 Å². The van der Waals surface area contributed by atoms with Crippen molar-refractivity contribution in [3.63, 3.8) is 0 Å². The Morgan fingerprint density at radius 3 is 1.91 bits per heavy atom. The number of phosphoric ester groups is 2. The number of aliphatic hydroxyl groups is 2. The molecule has 440 valence electrons. The lowest BCUT2D eigenvalue weighted by molar-refractivity contribution is -0.745. The lowest BCUT2D eigenvalue weighted by atomic mass is 10.1. The van der Waals surface area contributed by atoms with Gasteiger partial charge in [0, 0.05) is 14.2 Å². The van der Waals surface area contributed by atoms with Crippen LogP contribution < -0.4 is 58.2 Å². The molecule has 6 aromatic rings. The summed E-state index contributed by atoms with van der Waals surface area (Å²) < 4.78 is 108. The average molecular weight is 1230 g/mol. The fourth-order valence-corrected chi connectivity index (χ4v) is 13.9. The van der Waals surface area contributed by atoms with Crippen molar-refractivity contribution < 1.29 is 103 Å². The van der Waals surface area contributed by atoms with Gasteiger partial charge in [-0.2, -0.15) is 15.0 Å². The van der Waals surface area contributed by atoms with Crippen LogP contribution in [0.5, 0.6) is 0 Å². The number of nitrogens with zero attached hydrogens (tertiary/aromatic N) is 10. The molecule has 16 atom stereocenters. The van der Waals surface area contributed by atoms with Crippen molar-refractivity contribution in [1.29, 1.82) is 0 Å². The molecule has 3 fully saturated rings. The first-order valence-corrected chi connectivity index (χ1v) is 30.0. The van der Waals surface area contributed by atoms with Gasteiger partial charge in [0.05, 0.1) is 45.6 Å². The van der Waals surface area contributed by atoms with Gasteiger partial charge in [-0.25, -0.2) is 23.2 Å². The highest BCUT2D eigenvalue weighted by Gasteiger charge is 2.52. The molecule has 12 N–H and O–H groups in total. The van der Waals surface area contributed by atoms with E-state index in [0.29, 0.717) is 0 Å². The van der Waals surface area contributed by atoms with Crippen LogP contribution >= 0.6 is 30.2 Å². The van der Waals surface area contributed by atoms with Gasteiger partial charge < -0.3 is 99.2 Å². The van der Waals surface area contributed by atoms with E-state index < -0.39 is 141 Å². The van der Waals surface area contributed by atoms with Crippen LogP contribution in [0.4, 0.5) is 23.7 Å². The second kappa shape index (κ2) is 22.7. The monoisotopic (exact) mass is 1230 g/mol. The lowest BCUT2D eigenvalue weighted by Gasteiger charge is -2.36. The van der Waals surface area contributed by atoms with E-state index in [1.54, 1.807) is 13.8 Å². The van der Waals surface area contributed by atoms with E-state index in [1.165, 1.54) is 31.6 Å². The molecule has 0 saturated carbocycles. The SMILES string of the molecule is COC1[C@@H](OP([O-])(=S)OC[C@H]2O[C@@H](n3cnc4c(=O)[nH]c(N)nc43)C(O)[C@H]2OC(C)C)[C@@H](COP(=O)([O-])OP(=O)([O-])OP(=O)([O-])OC[C@H]2O[C@@H]([n+]3cn(C)c4c(=O)[nH]c(N)nc43)C(O)[C@H]2OC)O[C@H]1n1cnc2c(N)nc(N)nc21. The third kappa shape index (κ3) is 12.2. The van der Waals surface area contributed by atoms with Crippen molar-refractivity contribution in [2.24, 2.45) is 7.05 Å². The summed E-state index contributed by atoms with van der Waals surface area (Å²) in [5.74, 6) is -1.06. The molecule has 0 spiro atoms. The summed E-state index contributed by atoms with van der Waals surface area (Å²) in [6, 6.07) is 0. The van der Waals surface area contributed by atoms with E-state index in [9.17, 15) is 53.1 Å². The van der Waals surface area contributed by atoms with E-state index in [-0.39, 0.29) is 57.2 Å². The summed E-state index contributed by atoms with van der Waals surface area (Å²) >= 11 is 5.28. The number of methoxy groups -OCH3 is 2. The van der Waals surface area contributed by atoms with Crippen LogP contribution in [-0.2, 0) is 87.7 Å². The number of imidazole rings is 3. The van der Waals surface area contributed by atoms with Gasteiger partial charge in [-0.05, 0) is 13.8 Å². The molecule has 80 heavy (non-hydrogen) atoms. The summed E-state index contributed by atoms with van der Waals surface area (Å²) in [5.41, 5.74) is 21.6. The summed E-state index contributed by atoms with van der Waals surface area (Å²) in [5, 5.41) is 22.6. The van der Waals surface area contributed by atoms with Gasteiger partial charge in [0.15, 0.2) is 41.4 Å². The van der Waals surface area contributed by atoms with Crippen LogP contribution in [-0.4, -0.2) is 159 Å². The number of aryl methyl sites for hydroxylation is 1.